The molecule has 0 aliphatic heterocycles. The molecule has 3 N–H and O–H groups in total. The second-order valence-corrected chi connectivity index (χ2v) is 7.38. The van der Waals surface area contributed by atoms with Crippen molar-refractivity contribution in [3.8, 4) is 11.5 Å². The Balaban J connectivity index is 1.97. The zero-order chi connectivity index (χ0) is 21.4. The molecular formula is C22H26O7. The summed E-state index contributed by atoms with van der Waals surface area (Å²) in [5.41, 5.74) is -0.701. The van der Waals surface area contributed by atoms with Crippen LogP contribution in [0, 0.1) is 5.92 Å². The average molecular weight is 402 g/mol. The smallest absolute Gasteiger partial charge is 0.339 e. The molecule has 0 aromatic heterocycles. The van der Waals surface area contributed by atoms with E-state index in [9.17, 15) is 24.9 Å². The first-order chi connectivity index (χ1) is 13.7. The fourth-order valence-corrected chi connectivity index (χ4v) is 2.82. The van der Waals surface area contributed by atoms with E-state index in [1.807, 2.05) is 13.8 Å². The summed E-state index contributed by atoms with van der Waals surface area (Å²) in [6.07, 6.45) is -0.493. The Morgan fingerprint density at radius 2 is 1.31 bits per heavy atom. The molecule has 29 heavy (non-hydrogen) atoms. The molecule has 0 aliphatic carbocycles. The van der Waals surface area contributed by atoms with Gasteiger partial charge in [-0.1, -0.05) is 38.1 Å². The van der Waals surface area contributed by atoms with Gasteiger partial charge in [0.25, 0.3) is 0 Å². The van der Waals surface area contributed by atoms with Gasteiger partial charge in [0.05, 0.1) is 6.42 Å². The van der Waals surface area contributed by atoms with Crippen molar-refractivity contribution in [1.29, 1.82) is 0 Å². The molecule has 0 spiro atoms. The second kappa shape index (κ2) is 9.93. The van der Waals surface area contributed by atoms with Crippen molar-refractivity contribution in [2.45, 2.75) is 45.5 Å². The number of hydrogen-bond donors (Lipinski definition) is 3. The van der Waals surface area contributed by atoms with Crippen LogP contribution in [0.4, 0.5) is 0 Å². The highest BCUT2D eigenvalue weighted by atomic mass is 16.6. The van der Waals surface area contributed by atoms with Crippen LogP contribution >= 0.6 is 0 Å². The first kappa shape index (κ1) is 22.2. The molecule has 0 saturated carbocycles. The Bertz CT molecular complexity index is 812. The average Bonchev–Trinajstić information content (AvgIpc) is 2.66. The van der Waals surface area contributed by atoms with Crippen LogP contribution < -0.4 is 0 Å². The Kier molecular flexibility index (Phi) is 7.61. The first-order valence-corrected chi connectivity index (χ1v) is 9.29. The monoisotopic (exact) mass is 402 g/mol. The van der Waals surface area contributed by atoms with Crippen LogP contribution in [0.3, 0.4) is 0 Å². The number of aliphatic hydroxyl groups is 1. The predicted molar refractivity (Wildman–Crippen MR) is 105 cm³/mol. The van der Waals surface area contributed by atoms with Gasteiger partial charge in [-0.15, -0.1) is 0 Å². The molecule has 0 heterocycles. The maximum atomic E-state index is 12.5. The molecule has 1 unspecified atom stereocenters. The highest BCUT2D eigenvalue weighted by Crippen LogP contribution is 2.24. The van der Waals surface area contributed by atoms with Crippen molar-refractivity contribution in [2.75, 3.05) is 0 Å². The number of hydrogen-bond acceptors (Lipinski definition) is 7. The highest BCUT2D eigenvalue weighted by Gasteiger charge is 2.41. The van der Waals surface area contributed by atoms with Gasteiger partial charge in [0, 0.05) is 0 Å². The maximum Gasteiger partial charge on any atom is 0.339 e. The molecule has 156 valence electrons. The van der Waals surface area contributed by atoms with Gasteiger partial charge in [-0.2, -0.15) is 0 Å². The van der Waals surface area contributed by atoms with Gasteiger partial charge >= 0.3 is 11.9 Å². The van der Waals surface area contributed by atoms with Crippen molar-refractivity contribution in [3.05, 3.63) is 59.7 Å². The second-order valence-electron chi connectivity index (χ2n) is 7.38. The van der Waals surface area contributed by atoms with Crippen LogP contribution in [0.1, 0.15) is 37.8 Å². The summed E-state index contributed by atoms with van der Waals surface area (Å²) in [7, 11) is 0. The third-order valence-corrected chi connectivity index (χ3v) is 4.21. The van der Waals surface area contributed by atoms with Crippen molar-refractivity contribution in [2.24, 2.45) is 5.92 Å². The van der Waals surface area contributed by atoms with Crippen LogP contribution in [0.25, 0.3) is 0 Å². The Labute approximate surface area is 169 Å². The molecule has 1 atom stereocenters. The third kappa shape index (κ3) is 7.12. The van der Waals surface area contributed by atoms with Gasteiger partial charge in [-0.3, -0.25) is 4.79 Å². The molecule has 2 rings (SSSR count). The van der Waals surface area contributed by atoms with Gasteiger partial charge in [-0.05, 0) is 47.7 Å². The number of phenolic OH excluding ortho intramolecular Hbond substituents is 2. The van der Waals surface area contributed by atoms with Crippen LogP contribution in [0.15, 0.2) is 48.5 Å². The van der Waals surface area contributed by atoms with E-state index >= 15 is 0 Å². The van der Waals surface area contributed by atoms with Crippen LogP contribution in [0.2, 0.25) is 0 Å². The topological polar surface area (TPSA) is 113 Å². The van der Waals surface area contributed by atoms with E-state index in [2.05, 4.69) is 0 Å². The van der Waals surface area contributed by atoms with Crippen LogP contribution in [0.5, 0.6) is 11.5 Å². The lowest BCUT2D eigenvalue weighted by molar-refractivity contribution is -0.175. The Hall–Kier alpha value is -3.06. The molecule has 0 saturated heterocycles. The van der Waals surface area contributed by atoms with Gasteiger partial charge in [0.1, 0.15) is 24.7 Å². The number of carbonyl (C=O) groups is 2. The van der Waals surface area contributed by atoms with Crippen LogP contribution in [-0.4, -0.2) is 32.9 Å². The minimum Gasteiger partial charge on any atom is -0.508 e. The highest BCUT2D eigenvalue weighted by molar-refractivity contribution is 5.85. The quantitative estimate of drug-likeness (QED) is 0.553. The largest absolute Gasteiger partial charge is 0.508 e. The number of esters is 2. The third-order valence-electron chi connectivity index (χ3n) is 4.21. The molecule has 7 nitrogen and oxygen atoms in total. The number of phenols is 2. The molecular weight excluding hydrogens is 376 g/mol. The number of rotatable bonds is 9. The van der Waals surface area contributed by atoms with Gasteiger partial charge in [-0.25, -0.2) is 4.79 Å². The van der Waals surface area contributed by atoms with Gasteiger partial charge in [0.15, 0.2) is 5.60 Å². The minimum atomic E-state index is -2.00. The molecule has 0 amide bonds. The zero-order valence-electron chi connectivity index (χ0n) is 16.5. The molecule has 0 radical (unpaired) electrons. The summed E-state index contributed by atoms with van der Waals surface area (Å²) >= 11 is 0. The van der Waals surface area contributed by atoms with Gasteiger partial charge in [0.2, 0.25) is 0 Å². The Morgan fingerprint density at radius 3 is 1.76 bits per heavy atom. The SMILES string of the molecule is CC(C)CC(O)(CC(=O)OCc1ccc(O)cc1)C(=O)OCc1ccc(O)cc1. The fourth-order valence-electron chi connectivity index (χ4n) is 2.82. The number of aromatic hydroxyl groups is 2. The Morgan fingerprint density at radius 1 is 0.862 bits per heavy atom. The standard InChI is InChI=1S/C22H26O7/c1-15(2)11-22(27,21(26)29-14-17-5-9-19(24)10-6-17)12-20(25)28-13-16-3-7-18(23)8-4-16/h3-10,15,23-24,27H,11-14H2,1-2H3. The normalized spacial score (nSPS) is 13.0. The first-order valence-electron chi connectivity index (χ1n) is 9.29. The summed E-state index contributed by atoms with van der Waals surface area (Å²) in [6, 6.07) is 12.3. The van der Waals surface area contributed by atoms with Crippen molar-refractivity contribution in [1.82, 2.24) is 0 Å². The zero-order valence-corrected chi connectivity index (χ0v) is 16.5. The van der Waals surface area contributed by atoms with E-state index in [0.29, 0.717) is 11.1 Å². The lowest BCUT2D eigenvalue weighted by atomic mass is 9.89. The fraction of sp³-hybridized carbons (Fsp3) is 0.364. The number of benzene rings is 2. The molecule has 2 aromatic rings. The van der Waals surface area contributed by atoms with Crippen molar-refractivity contribution >= 4 is 11.9 Å². The summed E-state index contributed by atoms with van der Waals surface area (Å²) in [6.45, 7) is 3.50. The predicted octanol–water partition coefficient (Wildman–Crippen LogP) is 3.05. The summed E-state index contributed by atoms with van der Waals surface area (Å²) in [5, 5.41) is 29.4. The molecule has 0 aliphatic rings. The van der Waals surface area contributed by atoms with E-state index in [0.717, 1.165) is 0 Å². The molecule has 2 aromatic carbocycles. The molecule has 0 fully saturated rings. The number of carbonyl (C=O) groups excluding carboxylic acids is 2. The summed E-state index contributed by atoms with van der Waals surface area (Å²) in [5.74, 6) is -1.51. The van der Waals surface area contributed by atoms with E-state index < -0.39 is 24.0 Å². The van der Waals surface area contributed by atoms with E-state index in [-0.39, 0.29) is 37.1 Å². The van der Waals surface area contributed by atoms with E-state index in [1.54, 1.807) is 24.3 Å². The van der Waals surface area contributed by atoms with E-state index in [4.69, 9.17) is 9.47 Å². The van der Waals surface area contributed by atoms with Crippen molar-refractivity contribution in [3.63, 3.8) is 0 Å². The van der Waals surface area contributed by atoms with Crippen LogP contribution in [-0.2, 0) is 32.3 Å². The number of ether oxygens (including phenoxy) is 2. The minimum absolute atomic E-state index is 0.0374. The van der Waals surface area contributed by atoms with Crippen molar-refractivity contribution < 1.29 is 34.4 Å². The van der Waals surface area contributed by atoms with E-state index in [1.165, 1.54) is 24.3 Å². The molecule has 0 bridgehead atoms. The lowest BCUT2D eigenvalue weighted by Crippen LogP contribution is -2.43. The summed E-state index contributed by atoms with van der Waals surface area (Å²) in [4.78, 5) is 24.8. The summed E-state index contributed by atoms with van der Waals surface area (Å²) < 4.78 is 10.4. The molecule has 7 heteroatoms. The maximum absolute atomic E-state index is 12.5. The van der Waals surface area contributed by atoms with Gasteiger partial charge < -0.3 is 24.8 Å². The lowest BCUT2D eigenvalue weighted by Gasteiger charge is -2.26.